The van der Waals surface area contributed by atoms with Crippen LogP contribution in [-0.4, -0.2) is 18.4 Å². The normalized spacial score (nSPS) is 41.7. The second-order valence-electron chi connectivity index (χ2n) is 5.52. The highest BCUT2D eigenvalue weighted by Crippen LogP contribution is 2.34. The van der Waals surface area contributed by atoms with Crippen LogP contribution in [0.25, 0.3) is 0 Å². The molecule has 0 radical (unpaired) electrons. The lowest BCUT2D eigenvalue weighted by molar-refractivity contribution is -0.126. The quantitative estimate of drug-likeness (QED) is 0.756. The number of ketones is 1. The Morgan fingerprint density at radius 1 is 1.13 bits per heavy atom. The number of carbonyl (C=O) groups is 1. The van der Waals surface area contributed by atoms with Gasteiger partial charge in [-0.05, 0) is 50.5 Å². The lowest BCUT2D eigenvalue weighted by Crippen LogP contribution is -2.38. The highest BCUT2D eigenvalue weighted by Gasteiger charge is 2.33. The fraction of sp³-hybridized carbons (Fsp3) is 0.923. The van der Waals surface area contributed by atoms with Crippen LogP contribution in [-0.2, 0) is 4.79 Å². The van der Waals surface area contributed by atoms with E-state index in [2.05, 4.69) is 19.2 Å². The van der Waals surface area contributed by atoms with Crippen molar-refractivity contribution in [2.45, 2.75) is 52.0 Å². The lowest BCUT2D eigenvalue weighted by atomic mass is 9.73. The maximum Gasteiger partial charge on any atom is 0.152 e. The van der Waals surface area contributed by atoms with Crippen molar-refractivity contribution in [1.29, 1.82) is 0 Å². The molecular weight excluding hydrogens is 186 g/mol. The summed E-state index contributed by atoms with van der Waals surface area (Å²) in [5.74, 6) is 2.40. The smallest absolute Gasteiger partial charge is 0.152 e. The van der Waals surface area contributed by atoms with Crippen molar-refractivity contribution in [3.63, 3.8) is 0 Å². The molecule has 2 nitrogen and oxygen atoms in total. The molecule has 2 rings (SSSR count). The molecule has 1 aliphatic carbocycles. The van der Waals surface area contributed by atoms with Crippen LogP contribution in [0.5, 0.6) is 0 Å². The molecule has 4 unspecified atom stereocenters. The maximum atomic E-state index is 12.2. The third-order valence-corrected chi connectivity index (χ3v) is 4.40. The van der Waals surface area contributed by atoms with Gasteiger partial charge >= 0.3 is 0 Å². The summed E-state index contributed by atoms with van der Waals surface area (Å²) >= 11 is 0. The summed E-state index contributed by atoms with van der Waals surface area (Å²) in [5.41, 5.74) is 0. The van der Waals surface area contributed by atoms with Crippen molar-refractivity contribution in [2.24, 2.45) is 17.8 Å². The van der Waals surface area contributed by atoms with Crippen molar-refractivity contribution in [1.82, 2.24) is 5.32 Å². The third kappa shape index (κ3) is 2.41. The molecule has 2 heteroatoms. The minimum absolute atomic E-state index is 0.190. The molecule has 86 valence electrons. The molecule has 0 aromatic heterocycles. The summed E-state index contributed by atoms with van der Waals surface area (Å²) in [6.07, 6.45) is 5.74. The zero-order valence-electron chi connectivity index (χ0n) is 9.96. The number of carbonyl (C=O) groups excluding carboxylic acids is 1. The predicted molar refractivity (Wildman–Crippen MR) is 61.7 cm³/mol. The number of hydrogen-bond acceptors (Lipinski definition) is 2. The van der Waals surface area contributed by atoms with Gasteiger partial charge in [0.2, 0.25) is 0 Å². The van der Waals surface area contributed by atoms with E-state index in [0.717, 1.165) is 37.6 Å². The van der Waals surface area contributed by atoms with E-state index in [-0.39, 0.29) is 6.04 Å². The van der Waals surface area contributed by atoms with E-state index >= 15 is 0 Å². The molecule has 1 N–H and O–H groups in total. The first-order valence-electron chi connectivity index (χ1n) is 6.45. The topological polar surface area (TPSA) is 29.1 Å². The SMILES string of the molecule is CC1CCC(C(=O)C2CCCN2)CC1C. The van der Waals surface area contributed by atoms with Gasteiger partial charge in [0.15, 0.2) is 5.78 Å². The van der Waals surface area contributed by atoms with Gasteiger partial charge in [0.05, 0.1) is 6.04 Å². The Bertz CT molecular complexity index is 233. The highest BCUT2D eigenvalue weighted by molar-refractivity contribution is 5.86. The van der Waals surface area contributed by atoms with E-state index in [4.69, 9.17) is 0 Å². The third-order valence-electron chi connectivity index (χ3n) is 4.40. The standard InChI is InChI=1S/C13H23NO/c1-9-5-6-11(8-10(9)2)13(15)12-4-3-7-14-12/h9-12,14H,3-8H2,1-2H3. The summed E-state index contributed by atoms with van der Waals surface area (Å²) in [4.78, 5) is 12.2. The summed E-state index contributed by atoms with van der Waals surface area (Å²) < 4.78 is 0. The molecule has 2 aliphatic rings. The van der Waals surface area contributed by atoms with Crippen molar-refractivity contribution < 1.29 is 4.79 Å². The van der Waals surface area contributed by atoms with E-state index in [0.29, 0.717) is 11.7 Å². The van der Waals surface area contributed by atoms with Crippen LogP contribution in [0.1, 0.15) is 46.0 Å². The van der Waals surface area contributed by atoms with Gasteiger partial charge in [-0.3, -0.25) is 4.79 Å². The predicted octanol–water partition coefficient (Wildman–Crippen LogP) is 2.38. The minimum Gasteiger partial charge on any atom is -0.307 e. The van der Waals surface area contributed by atoms with Crippen LogP contribution in [0, 0.1) is 17.8 Å². The van der Waals surface area contributed by atoms with E-state index in [1.54, 1.807) is 0 Å². The number of hydrogen-bond donors (Lipinski definition) is 1. The van der Waals surface area contributed by atoms with Crippen LogP contribution < -0.4 is 5.32 Å². The first-order valence-corrected chi connectivity index (χ1v) is 6.45. The molecule has 0 aromatic rings. The van der Waals surface area contributed by atoms with Crippen molar-refractivity contribution in [3.05, 3.63) is 0 Å². The van der Waals surface area contributed by atoms with Crippen molar-refractivity contribution in [2.75, 3.05) is 6.54 Å². The summed E-state index contributed by atoms with van der Waals surface area (Å²) in [6.45, 7) is 5.65. The second kappa shape index (κ2) is 4.65. The average Bonchev–Trinajstić information content (AvgIpc) is 2.74. The van der Waals surface area contributed by atoms with E-state index < -0.39 is 0 Å². The Balaban J connectivity index is 1.90. The number of Topliss-reactive ketones (excluding diaryl/α,β-unsaturated/α-hetero) is 1. The number of rotatable bonds is 2. The van der Waals surface area contributed by atoms with Gasteiger partial charge in [0, 0.05) is 5.92 Å². The minimum atomic E-state index is 0.190. The second-order valence-corrected chi connectivity index (χ2v) is 5.52. The summed E-state index contributed by atoms with van der Waals surface area (Å²) in [6, 6.07) is 0.190. The first-order chi connectivity index (χ1) is 7.18. The maximum absolute atomic E-state index is 12.2. The van der Waals surface area contributed by atoms with Gasteiger partial charge in [0.25, 0.3) is 0 Å². The molecule has 0 bridgehead atoms. The molecule has 4 atom stereocenters. The van der Waals surface area contributed by atoms with Crippen LogP contribution in [0.3, 0.4) is 0 Å². The Morgan fingerprint density at radius 2 is 1.93 bits per heavy atom. The largest absolute Gasteiger partial charge is 0.307 e. The van der Waals surface area contributed by atoms with Gasteiger partial charge in [-0.25, -0.2) is 0 Å². The average molecular weight is 209 g/mol. The Morgan fingerprint density at radius 3 is 2.53 bits per heavy atom. The first kappa shape index (κ1) is 11.1. The zero-order chi connectivity index (χ0) is 10.8. The molecule has 0 amide bonds. The van der Waals surface area contributed by atoms with Gasteiger partial charge in [-0.15, -0.1) is 0 Å². The van der Waals surface area contributed by atoms with E-state index in [1.807, 2.05) is 0 Å². The van der Waals surface area contributed by atoms with Gasteiger partial charge in [0.1, 0.15) is 0 Å². The molecule has 0 spiro atoms. The fourth-order valence-corrected chi connectivity index (χ4v) is 3.02. The summed E-state index contributed by atoms with van der Waals surface area (Å²) in [5, 5.41) is 3.33. The van der Waals surface area contributed by atoms with Crippen LogP contribution in [0.4, 0.5) is 0 Å². The molecule has 1 heterocycles. The molecule has 1 aliphatic heterocycles. The highest BCUT2D eigenvalue weighted by atomic mass is 16.1. The van der Waals surface area contributed by atoms with E-state index in [1.165, 1.54) is 12.8 Å². The van der Waals surface area contributed by atoms with Crippen molar-refractivity contribution in [3.8, 4) is 0 Å². The zero-order valence-corrected chi connectivity index (χ0v) is 9.96. The van der Waals surface area contributed by atoms with E-state index in [9.17, 15) is 4.79 Å². The Hall–Kier alpha value is -0.370. The van der Waals surface area contributed by atoms with Crippen LogP contribution in [0.2, 0.25) is 0 Å². The fourth-order valence-electron chi connectivity index (χ4n) is 3.02. The summed E-state index contributed by atoms with van der Waals surface area (Å²) in [7, 11) is 0. The van der Waals surface area contributed by atoms with Crippen molar-refractivity contribution >= 4 is 5.78 Å². The molecule has 1 saturated heterocycles. The molecule has 0 aromatic carbocycles. The Kier molecular flexibility index (Phi) is 3.45. The monoisotopic (exact) mass is 209 g/mol. The molecule has 2 fully saturated rings. The van der Waals surface area contributed by atoms with Crippen LogP contribution >= 0.6 is 0 Å². The van der Waals surface area contributed by atoms with Gasteiger partial charge in [-0.1, -0.05) is 13.8 Å². The van der Waals surface area contributed by atoms with Crippen LogP contribution in [0.15, 0.2) is 0 Å². The van der Waals surface area contributed by atoms with Gasteiger partial charge in [-0.2, -0.15) is 0 Å². The lowest BCUT2D eigenvalue weighted by Gasteiger charge is -2.32. The molecule has 15 heavy (non-hydrogen) atoms. The molecular formula is C13H23NO. The number of nitrogens with one attached hydrogen (secondary N) is 1. The Labute approximate surface area is 92.8 Å². The van der Waals surface area contributed by atoms with Gasteiger partial charge < -0.3 is 5.32 Å². The molecule has 1 saturated carbocycles.